The van der Waals surface area contributed by atoms with E-state index in [-0.39, 0.29) is 5.97 Å². The van der Waals surface area contributed by atoms with E-state index in [1.54, 1.807) is 6.20 Å². The SMILES string of the molecule is COC(=O)CCN(C)c1nccc(C)c1C(N)=S. The number of esters is 1. The molecule has 0 aromatic carbocycles. The molecule has 18 heavy (non-hydrogen) atoms. The average Bonchev–Trinajstić information content (AvgIpc) is 2.34. The largest absolute Gasteiger partial charge is 0.469 e. The van der Waals surface area contributed by atoms with Crippen molar-refractivity contribution in [1.29, 1.82) is 0 Å². The predicted octanol–water partition coefficient (Wildman–Crippen LogP) is 1.02. The third kappa shape index (κ3) is 3.40. The van der Waals surface area contributed by atoms with Crippen molar-refractivity contribution in [3.05, 3.63) is 23.4 Å². The number of rotatable bonds is 5. The molecule has 0 fully saturated rings. The van der Waals surface area contributed by atoms with E-state index in [0.717, 1.165) is 11.1 Å². The maximum Gasteiger partial charge on any atom is 0.307 e. The second-order valence-corrected chi connectivity index (χ2v) is 4.38. The average molecular weight is 267 g/mol. The van der Waals surface area contributed by atoms with Crippen molar-refractivity contribution < 1.29 is 9.53 Å². The Balaban J connectivity index is 2.92. The Morgan fingerprint density at radius 1 is 1.61 bits per heavy atom. The lowest BCUT2D eigenvalue weighted by Gasteiger charge is -2.21. The number of methoxy groups -OCH3 is 1. The molecule has 0 unspecified atom stereocenters. The maximum absolute atomic E-state index is 11.1. The predicted molar refractivity (Wildman–Crippen MR) is 74.8 cm³/mol. The lowest BCUT2D eigenvalue weighted by atomic mass is 10.1. The molecule has 0 saturated carbocycles. The van der Waals surface area contributed by atoms with Crippen LogP contribution in [0.1, 0.15) is 17.5 Å². The number of aryl methyl sites for hydroxylation is 1. The fourth-order valence-electron chi connectivity index (χ4n) is 1.60. The highest BCUT2D eigenvalue weighted by Crippen LogP contribution is 2.19. The van der Waals surface area contributed by atoms with Gasteiger partial charge in [-0.25, -0.2) is 4.98 Å². The Bertz CT molecular complexity index is 463. The summed E-state index contributed by atoms with van der Waals surface area (Å²) in [6.07, 6.45) is 1.99. The number of aromatic nitrogens is 1. The fraction of sp³-hybridized carbons (Fsp3) is 0.417. The van der Waals surface area contributed by atoms with E-state index < -0.39 is 0 Å². The summed E-state index contributed by atoms with van der Waals surface area (Å²) in [7, 11) is 3.21. The molecule has 5 nitrogen and oxygen atoms in total. The molecular formula is C12H17N3O2S. The molecule has 0 spiro atoms. The minimum absolute atomic E-state index is 0.258. The van der Waals surface area contributed by atoms with Crippen molar-refractivity contribution in [3.8, 4) is 0 Å². The van der Waals surface area contributed by atoms with Crippen LogP contribution in [-0.2, 0) is 9.53 Å². The number of pyridine rings is 1. The molecular weight excluding hydrogens is 250 g/mol. The molecule has 0 aliphatic carbocycles. The summed E-state index contributed by atoms with van der Waals surface area (Å²) >= 11 is 5.03. The van der Waals surface area contributed by atoms with Crippen LogP contribution in [0.4, 0.5) is 5.82 Å². The van der Waals surface area contributed by atoms with Gasteiger partial charge in [-0.15, -0.1) is 0 Å². The molecule has 0 aliphatic rings. The number of carbonyl (C=O) groups is 1. The standard InChI is InChI=1S/C12H17N3O2S/c1-8-4-6-14-12(10(8)11(13)18)15(2)7-5-9(16)17-3/h4,6H,5,7H2,1-3H3,(H2,13,18). The van der Waals surface area contributed by atoms with Crippen LogP contribution in [0.15, 0.2) is 12.3 Å². The maximum atomic E-state index is 11.1. The lowest BCUT2D eigenvalue weighted by Crippen LogP contribution is -2.26. The zero-order valence-electron chi connectivity index (χ0n) is 10.8. The van der Waals surface area contributed by atoms with Gasteiger partial charge >= 0.3 is 5.97 Å². The van der Waals surface area contributed by atoms with E-state index >= 15 is 0 Å². The number of nitrogens with zero attached hydrogens (tertiary/aromatic N) is 2. The smallest absolute Gasteiger partial charge is 0.307 e. The third-order valence-electron chi connectivity index (χ3n) is 2.63. The minimum atomic E-state index is -0.258. The van der Waals surface area contributed by atoms with E-state index in [9.17, 15) is 4.79 Å². The molecule has 1 heterocycles. The zero-order chi connectivity index (χ0) is 13.7. The van der Waals surface area contributed by atoms with Crippen LogP contribution in [0.25, 0.3) is 0 Å². The second-order valence-electron chi connectivity index (χ2n) is 3.94. The summed E-state index contributed by atoms with van der Waals surface area (Å²) in [6, 6.07) is 1.85. The highest BCUT2D eigenvalue weighted by atomic mass is 32.1. The number of thiocarbonyl (C=S) groups is 1. The topological polar surface area (TPSA) is 68.5 Å². The summed E-state index contributed by atoms with van der Waals surface area (Å²) in [5.74, 6) is 0.429. The summed E-state index contributed by atoms with van der Waals surface area (Å²) in [5, 5.41) is 0. The molecule has 1 aromatic rings. The Kier molecular flexibility index (Phi) is 5.03. The highest BCUT2D eigenvalue weighted by Gasteiger charge is 2.14. The van der Waals surface area contributed by atoms with Gasteiger partial charge in [-0.2, -0.15) is 0 Å². The molecule has 0 radical (unpaired) electrons. The molecule has 2 N–H and O–H groups in total. The van der Waals surface area contributed by atoms with Gasteiger partial charge in [-0.1, -0.05) is 12.2 Å². The van der Waals surface area contributed by atoms with E-state index in [1.807, 2.05) is 24.9 Å². The first-order valence-corrected chi connectivity index (χ1v) is 5.91. The van der Waals surface area contributed by atoms with Crippen LogP contribution in [0.2, 0.25) is 0 Å². The van der Waals surface area contributed by atoms with Crippen molar-refractivity contribution in [2.24, 2.45) is 5.73 Å². The fourth-order valence-corrected chi connectivity index (χ4v) is 1.86. The molecule has 6 heteroatoms. The number of nitrogens with two attached hydrogens (primary N) is 1. The minimum Gasteiger partial charge on any atom is -0.469 e. The number of ether oxygens (including phenoxy) is 1. The quantitative estimate of drug-likeness (QED) is 0.634. The molecule has 1 rings (SSSR count). The van der Waals surface area contributed by atoms with E-state index in [2.05, 4.69) is 9.72 Å². The van der Waals surface area contributed by atoms with Crippen molar-refractivity contribution >= 4 is 29.0 Å². The normalized spacial score (nSPS) is 9.94. The molecule has 98 valence electrons. The molecule has 0 saturated heterocycles. The van der Waals surface area contributed by atoms with E-state index in [0.29, 0.717) is 23.8 Å². The summed E-state index contributed by atoms with van der Waals surface area (Å²) in [5.41, 5.74) is 7.43. The van der Waals surface area contributed by atoms with Gasteiger partial charge in [0, 0.05) is 19.8 Å². The van der Waals surface area contributed by atoms with Gasteiger partial charge in [0.1, 0.15) is 10.8 Å². The molecule has 0 aliphatic heterocycles. The van der Waals surface area contributed by atoms with E-state index in [4.69, 9.17) is 18.0 Å². The van der Waals surface area contributed by atoms with Crippen LogP contribution < -0.4 is 10.6 Å². The number of anilines is 1. The van der Waals surface area contributed by atoms with Gasteiger partial charge in [0.05, 0.1) is 19.1 Å². The Hall–Kier alpha value is -1.69. The Labute approximate surface area is 112 Å². The summed E-state index contributed by atoms with van der Waals surface area (Å²) in [6.45, 7) is 2.42. The van der Waals surface area contributed by atoms with Crippen LogP contribution in [0, 0.1) is 6.92 Å². The van der Waals surface area contributed by atoms with Crippen LogP contribution in [0.3, 0.4) is 0 Å². The second kappa shape index (κ2) is 6.30. The highest BCUT2D eigenvalue weighted by molar-refractivity contribution is 7.80. The van der Waals surface area contributed by atoms with Gasteiger partial charge in [0.25, 0.3) is 0 Å². The van der Waals surface area contributed by atoms with E-state index in [1.165, 1.54) is 7.11 Å². The zero-order valence-corrected chi connectivity index (χ0v) is 11.6. The van der Waals surface area contributed by atoms with Gasteiger partial charge < -0.3 is 15.4 Å². The van der Waals surface area contributed by atoms with Gasteiger partial charge in [0.2, 0.25) is 0 Å². The van der Waals surface area contributed by atoms with Crippen molar-refractivity contribution in [3.63, 3.8) is 0 Å². The molecule has 1 aromatic heterocycles. The molecule has 0 amide bonds. The Morgan fingerprint density at radius 3 is 2.83 bits per heavy atom. The third-order valence-corrected chi connectivity index (χ3v) is 2.83. The first-order chi connectivity index (χ1) is 8.47. The van der Waals surface area contributed by atoms with Crippen molar-refractivity contribution in [2.75, 3.05) is 25.6 Å². The van der Waals surface area contributed by atoms with Crippen LogP contribution in [0.5, 0.6) is 0 Å². The lowest BCUT2D eigenvalue weighted by molar-refractivity contribution is -0.140. The van der Waals surface area contributed by atoms with Crippen molar-refractivity contribution in [1.82, 2.24) is 4.98 Å². The first kappa shape index (κ1) is 14.4. The summed E-state index contributed by atoms with van der Waals surface area (Å²) in [4.78, 5) is 17.5. The number of hydrogen-bond donors (Lipinski definition) is 1. The van der Waals surface area contributed by atoms with Crippen LogP contribution >= 0.6 is 12.2 Å². The van der Waals surface area contributed by atoms with Gasteiger partial charge in [-0.3, -0.25) is 4.79 Å². The van der Waals surface area contributed by atoms with Crippen molar-refractivity contribution in [2.45, 2.75) is 13.3 Å². The van der Waals surface area contributed by atoms with Gasteiger partial charge in [-0.05, 0) is 18.6 Å². The number of carbonyl (C=O) groups excluding carboxylic acids is 1. The monoisotopic (exact) mass is 267 g/mol. The molecule has 0 atom stereocenters. The summed E-state index contributed by atoms with van der Waals surface area (Å²) < 4.78 is 4.60. The first-order valence-electron chi connectivity index (χ1n) is 5.50. The van der Waals surface area contributed by atoms with Gasteiger partial charge in [0.15, 0.2) is 0 Å². The van der Waals surface area contributed by atoms with Crippen LogP contribution in [-0.4, -0.2) is 36.6 Å². The number of hydrogen-bond acceptors (Lipinski definition) is 5. The Morgan fingerprint density at radius 2 is 2.28 bits per heavy atom. The molecule has 0 bridgehead atoms.